The van der Waals surface area contributed by atoms with Crippen molar-refractivity contribution >= 4 is 0 Å². The lowest BCUT2D eigenvalue weighted by Gasteiger charge is -2.01. The van der Waals surface area contributed by atoms with Crippen molar-refractivity contribution in [2.75, 3.05) is 0 Å². The Kier molecular flexibility index (Phi) is 1.30. The average molecular weight is 112 g/mol. The van der Waals surface area contributed by atoms with Gasteiger partial charge < -0.3 is 9.67 Å². The summed E-state index contributed by atoms with van der Waals surface area (Å²) >= 11 is 0. The number of aromatic nitrogens is 2. The molecule has 1 aromatic rings. The molecule has 0 aliphatic carbocycles. The molecule has 0 aromatic carbocycles. The number of aliphatic hydroxyl groups is 1. The Balaban J connectivity index is 2.77. The molecule has 0 saturated heterocycles. The number of hydrogen-bond acceptors (Lipinski definition) is 2. The molecule has 0 fully saturated rings. The van der Waals surface area contributed by atoms with Crippen LogP contribution in [0.3, 0.4) is 0 Å². The van der Waals surface area contributed by atoms with E-state index in [2.05, 4.69) is 4.98 Å². The smallest absolute Gasteiger partial charge is 0.128 e. The molecule has 8 heavy (non-hydrogen) atoms. The van der Waals surface area contributed by atoms with E-state index in [0.29, 0.717) is 0 Å². The normalized spacial score (nSPS) is 13.8. The fourth-order valence-corrected chi connectivity index (χ4v) is 0.490. The quantitative estimate of drug-likeness (QED) is 0.570. The Morgan fingerprint density at radius 1 is 1.75 bits per heavy atom. The molecule has 0 aliphatic rings. The van der Waals surface area contributed by atoms with Gasteiger partial charge in [0.1, 0.15) is 6.23 Å². The van der Waals surface area contributed by atoms with Crippen molar-refractivity contribution in [1.29, 1.82) is 0 Å². The van der Waals surface area contributed by atoms with Crippen LogP contribution in [-0.4, -0.2) is 14.7 Å². The van der Waals surface area contributed by atoms with E-state index >= 15 is 0 Å². The topological polar surface area (TPSA) is 38.0 Å². The molecular weight excluding hydrogens is 104 g/mol. The Hall–Kier alpha value is -0.830. The van der Waals surface area contributed by atoms with Gasteiger partial charge in [-0.3, -0.25) is 0 Å². The zero-order valence-electron chi connectivity index (χ0n) is 4.65. The third-order valence-electron chi connectivity index (χ3n) is 0.956. The van der Waals surface area contributed by atoms with Crippen LogP contribution >= 0.6 is 0 Å². The lowest BCUT2D eigenvalue weighted by atomic mass is 10.6. The molecule has 3 nitrogen and oxygen atoms in total. The second-order valence-electron chi connectivity index (χ2n) is 1.64. The van der Waals surface area contributed by atoms with E-state index < -0.39 is 6.23 Å². The zero-order chi connectivity index (χ0) is 5.98. The second-order valence-corrected chi connectivity index (χ2v) is 1.64. The van der Waals surface area contributed by atoms with Crippen LogP contribution in [0, 0.1) is 0 Å². The minimum atomic E-state index is -0.461. The maximum absolute atomic E-state index is 8.84. The molecule has 0 aliphatic heterocycles. The van der Waals surface area contributed by atoms with Gasteiger partial charge in [0.25, 0.3) is 0 Å². The van der Waals surface area contributed by atoms with E-state index in [4.69, 9.17) is 5.11 Å². The van der Waals surface area contributed by atoms with E-state index in [-0.39, 0.29) is 0 Å². The van der Waals surface area contributed by atoms with Crippen LogP contribution in [-0.2, 0) is 0 Å². The molecule has 1 atom stereocenters. The summed E-state index contributed by atoms with van der Waals surface area (Å²) in [6, 6.07) is 0. The number of rotatable bonds is 1. The van der Waals surface area contributed by atoms with Crippen LogP contribution in [0.4, 0.5) is 0 Å². The molecule has 1 N–H and O–H groups in total. The third-order valence-corrected chi connectivity index (χ3v) is 0.956. The first-order valence-corrected chi connectivity index (χ1v) is 2.46. The van der Waals surface area contributed by atoms with Crippen molar-refractivity contribution in [1.82, 2.24) is 9.55 Å². The highest BCUT2D eigenvalue weighted by Gasteiger charge is 1.92. The van der Waals surface area contributed by atoms with Gasteiger partial charge in [-0.05, 0) is 6.92 Å². The maximum Gasteiger partial charge on any atom is 0.128 e. The summed E-state index contributed by atoms with van der Waals surface area (Å²) in [5.74, 6) is 0. The van der Waals surface area contributed by atoms with Gasteiger partial charge in [-0.15, -0.1) is 0 Å². The van der Waals surface area contributed by atoms with Crippen LogP contribution in [0.5, 0.6) is 0 Å². The Bertz CT molecular complexity index is 145. The Morgan fingerprint density at radius 3 is 2.75 bits per heavy atom. The first-order chi connectivity index (χ1) is 3.80. The second kappa shape index (κ2) is 1.96. The molecule has 0 amide bonds. The summed E-state index contributed by atoms with van der Waals surface area (Å²) in [5.41, 5.74) is 0. The van der Waals surface area contributed by atoms with Crippen LogP contribution in [0.25, 0.3) is 0 Å². The highest BCUT2D eigenvalue weighted by atomic mass is 16.3. The third kappa shape index (κ3) is 0.869. The summed E-state index contributed by atoms with van der Waals surface area (Å²) < 4.78 is 1.61. The predicted molar refractivity (Wildman–Crippen MR) is 29.2 cm³/mol. The molecule has 0 radical (unpaired) electrons. The van der Waals surface area contributed by atoms with Crippen molar-refractivity contribution in [3.63, 3.8) is 0 Å². The molecule has 1 aromatic heterocycles. The van der Waals surface area contributed by atoms with E-state index in [9.17, 15) is 0 Å². The SMILES string of the molecule is CC(O)n1ccnc1. The number of imidazole rings is 1. The molecule has 0 bridgehead atoms. The summed E-state index contributed by atoms with van der Waals surface area (Å²) in [4.78, 5) is 3.75. The summed E-state index contributed by atoms with van der Waals surface area (Å²) in [6.45, 7) is 1.68. The van der Waals surface area contributed by atoms with Gasteiger partial charge in [0.15, 0.2) is 0 Å². The zero-order valence-corrected chi connectivity index (χ0v) is 4.65. The number of nitrogens with zero attached hydrogens (tertiary/aromatic N) is 2. The highest BCUT2D eigenvalue weighted by molar-refractivity contribution is 4.74. The lowest BCUT2D eigenvalue weighted by molar-refractivity contribution is 0.124. The van der Waals surface area contributed by atoms with Crippen molar-refractivity contribution in [2.45, 2.75) is 13.2 Å². The van der Waals surface area contributed by atoms with E-state index in [1.54, 1.807) is 30.2 Å². The number of aliphatic hydroxyl groups excluding tert-OH is 1. The number of hydrogen-bond donors (Lipinski definition) is 1. The molecule has 0 spiro atoms. The Labute approximate surface area is 47.6 Å². The average Bonchev–Trinajstić information content (AvgIpc) is 2.12. The molecule has 1 unspecified atom stereocenters. The van der Waals surface area contributed by atoms with E-state index in [1.807, 2.05) is 0 Å². The predicted octanol–water partition coefficient (Wildman–Crippen LogP) is 0.394. The minimum Gasteiger partial charge on any atom is -0.374 e. The van der Waals surface area contributed by atoms with Crippen LogP contribution in [0.2, 0.25) is 0 Å². The summed E-state index contributed by atoms with van der Waals surface area (Å²) in [7, 11) is 0. The van der Waals surface area contributed by atoms with E-state index in [1.165, 1.54) is 0 Å². The highest BCUT2D eigenvalue weighted by Crippen LogP contribution is 1.96. The molecule has 1 rings (SSSR count). The molecule has 3 heteroatoms. The summed E-state index contributed by atoms with van der Waals surface area (Å²) in [6.07, 6.45) is 4.46. The van der Waals surface area contributed by atoms with Crippen molar-refractivity contribution in [3.05, 3.63) is 18.7 Å². The molecular formula is C5H8N2O. The van der Waals surface area contributed by atoms with Gasteiger partial charge in [-0.1, -0.05) is 0 Å². The fourth-order valence-electron chi connectivity index (χ4n) is 0.490. The standard InChI is InChI=1S/C5H8N2O/c1-5(8)7-3-2-6-4-7/h2-5,8H,1H3. The van der Waals surface area contributed by atoms with Gasteiger partial charge in [0, 0.05) is 12.4 Å². The molecule has 44 valence electrons. The van der Waals surface area contributed by atoms with Gasteiger partial charge in [-0.25, -0.2) is 4.98 Å². The first kappa shape index (κ1) is 5.31. The van der Waals surface area contributed by atoms with Crippen molar-refractivity contribution in [3.8, 4) is 0 Å². The van der Waals surface area contributed by atoms with Crippen LogP contribution in [0.15, 0.2) is 18.7 Å². The van der Waals surface area contributed by atoms with Crippen LogP contribution < -0.4 is 0 Å². The summed E-state index contributed by atoms with van der Waals surface area (Å²) in [5, 5.41) is 8.84. The Morgan fingerprint density at radius 2 is 2.50 bits per heavy atom. The fraction of sp³-hybridized carbons (Fsp3) is 0.400. The largest absolute Gasteiger partial charge is 0.374 e. The van der Waals surface area contributed by atoms with Crippen molar-refractivity contribution in [2.24, 2.45) is 0 Å². The van der Waals surface area contributed by atoms with E-state index in [0.717, 1.165) is 0 Å². The maximum atomic E-state index is 8.84. The first-order valence-electron chi connectivity index (χ1n) is 2.46. The lowest BCUT2D eigenvalue weighted by Crippen LogP contribution is -1.98. The molecule has 0 saturated carbocycles. The van der Waals surface area contributed by atoms with Gasteiger partial charge in [0.05, 0.1) is 6.33 Å². The van der Waals surface area contributed by atoms with Gasteiger partial charge in [0.2, 0.25) is 0 Å². The minimum absolute atomic E-state index is 0.461. The monoisotopic (exact) mass is 112 g/mol. The van der Waals surface area contributed by atoms with Gasteiger partial charge >= 0.3 is 0 Å². The van der Waals surface area contributed by atoms with Crippen LogP contribution in [0.1, 0.15) is 13.2 Å². The van der Waals surface area contributed by atoms with Gasteiger partial charge in [-0.2, -0.15) is 0 Å². The van der Waals surface area contributed by atoms with Crippen molar-refractivity contribution < 1.29 is 5.11 Å². The molecule has 1 heterocycles.